The minimum Gasteiger partial charge on any atom is -0.313 e. The van der Waals surface area contributed by atoms with E-state index in [9.17, 15) is 32.9 Å². The molecule has 0 aliphatic heterocycles. The molecule has 0 unspecified atom stereocenters. The second-order valence-corrected chi connectivity index (χ2v) is 6.29. The Labute approximate surface area is 160 Å². The lowest BCUT2D eigenvalue weighted by Crippen LogP contribution is -2.23. The summed E-state index contributed by atoms with van der Waals surface area (Å²) in [5.41, 5.74) is -1.75. The molecule has 0 amide bonds. The molecule has 0 bridgehead atoms. The molecule has 3 rings (SSSR count). The monoisotopic (exact) mass is 410 g/mol. The molecule has 0 fully saturated rings. The second-order valence-electron chi connectivity index (χ2n) is 5.88. The number of ketones is 2. The van der Waals surface area contributed by atoms with Crippen LogP contribution in [0.5, 0.6) is 0 Å². The van der Waals surface area contributed by atoms with Crippen molar-refractivity contribution in [1.29, 1.82) is 0 Å². The van der Waals surface area contributed by atoms with Crippen LogP contribution in [-0.4, -0.2) is 27.1 Å². The van der Waals surface area contributed by atoms with E-state index in [-0.39, 0.29) is 27.4 Å². The van der Waals surface area contributed by atoms with Crippen LogP contribution in [0.15, 0.2) is 42.6 Å². The first-order valence-electron chi connectivity index (χ1n) is 7.74. The van der Waals surface area contributed by atoms with Crippen molar-refractivity contribution in [1.82, 2.24) is 4.40 Å². The molecule has 10 heteroatoms. The number of alkyl halides is 3. The lowest BCUT2D eigenvalue weighted by molar-refractivity contribution is -0.384. The molecule has 0 aliphatic carbocycles. The molecule has 2 aromatic heterocycles. The maximum absolute atomic E-state index is 13.0. The lowest BCUT2D eigenvalue weighted by atomic mass is 10.0. The third-order valence-electron chi connectivity index (χ3n) is 4.19. The summed E-state index contributed by atoms with van der Waals surface area (Å²) in [6.07, 6.45) is -3.78. The molecule has 144 valence electrons. The number of aromatic nitrogens is 1. The van der Waals surface area contributed by atoms with E-state index in [2.05, 4.69) is 0 Å². The highest BCUT2D eigenvalue weighted by molar-refractivity contribution is 6.32. The van der Waals surface area contributed by atoms with Gasteiger partial charge in [-0.2, -0.15) is 13.2 Å². The number of nitro groups is 1. The van der Waals surface area contributed by atoms with Crippen molar-refractivity contribution in [2.45, 2.75) is 13.1 Å². The van der Waals surface area contributed by atoms with Gasteiger partial charge in [-0.1, -0.05) is 17.7 Å². The van der Waals surface area contributed by atoms with Gasteiger partial charge in [0.05, 0.1) is 21.7 Å². The molecule has 0 aliphatic rings. The van der Waals surface area contributed by atoms with Crippen molar-refractivity contribution in [3.05, 3.63) is 80.1 Å². The SMILES string of the molecule is Cc1c(C(=O)C(F)(F)F)c2ccccn2c1C(=O)c1ccc(Cl)c([N+](=O)[O-])c1. The normalized spacial score (nSPS) is 11.6. The van der Waals surface area contributed by atoms with Gasteiger partial charge >= 0.3 is 6.18 Å². The summed E-state index contributed by atoms with van der Waals surface area (Å²) in [5.74, 6) is -2.85. The van der Waals surface area contributed by atoms with Crippen LogP contribution in [0, 0.1) is 17.0 Å². The summed E-state index contributed by atoms with van der Waals surface area (Å²) < 4.78 is 40.3. The van der Waals surface area contributed by atoms with E-state index in [0.29, 0.717) is 0 Å². The van der Waals surface area contributed by atoms with Crippen LogP contribution in [0.2, 0.25) is 5.02 Å². The molecule has 0 atom stereocenters. The predicted molar refractivity (Wildman–Crippen MR) is 94.1 cm³/mol. The number of fused-ring (bicyclic) bond motifs is 1. The zero-order chi connectivity index (χ0) is 20.8. The summed E-state index contributed by atoms with van der Waals surface area (Å²) in [5, 5.41) is 10.9. The molecule has 3 aromatic rings. The van der Waals surface area contributed by atoms with E-state index < -0.39 is 33.9 Å². The number of hydrogen-bond donors (Lipinski definition) is 0. The molecule has 0 N–H and O–H groups in total. The largest absolute Gasteiger partial charge is 0.454 e. The summed E-state index contributed by atoms with van der Waals surface area (Å²) in [6.45, 7) is 1.23. The van der Waals surface area contributed by atoms with E-state index in [1.54, 1.807) is 0 Å². The quantitative estimate of drug-likeness (QED) is 0.352. The van der Waals surface area contributed by atoms with Gasteiger partial charge in [0.25, 0.3) is 11.5 Å². The highest BCUT2D eigenvalue weighted by atomic mass is 35.5. The van der Waals surface area contributed by atoms with Crippen LogP contribution in [0.1, 0.15) is 32.0 Å². The fraction of sp³-hybridized carbons (Fsp3) is 0.111. The Hall–Kier alpha value is -3.20. The first-order valence-corrected chi connectivity index (χ1v) is 8.11. The van der Waals surface area contributed by atoms with Gasteiger partial charge in [0.2, 0.25) is 5.78 Å². The number of halogens is 4. The maximum Gasteiger partial charge on any atom is 0.454 e. The highest BCUT2D eigenvalue weighted by Gasteiger charge is 2.42. The fourth-order valence-electron chi connectivity index (χ4n) is 2.97. The van der Waals surface area contributed by atoms with E-state index in [4.69, 9.17) is 11.6 Å². The van der Waals surface area contributed by atoms with Crippen LogP contribution in [0.3, 0.4) is 0 Å². The number of rotatable bonds is 4. The smallest absolute Gasteiger partial charge is 0.313 e. The number of Topliss-reactive ketones (excluding diaryl/α,β-unsaturated/α-hetero) is 1. The summed E-state index contributed by atoms with van der Waals surface area (Å²) in [4.78, 5) is 35.2. The van der Waals surface area contributed by atoms with Crippen LogP contribution in [0.25, 0.3) is 5.52 Å². The van der Waals surface area contributed by atoms with E-state index >= 15 is 0 Å². The minimum atomic E-state index is -5.12. The Morgan fingerprint density at radius 3 is 2.46 bits per heavy atom. The Kier molecular flexibility index (Phi) is 4.72. The summed E-state index contributed by atoms with van der Waals surface area (Å²) >= 11 is 5.74. The average molecular weight is 411 g/mol. The van der Waals surface area contributed by atoms with Crippen molar-refractivity contribution in [2.24, 2.45) is 0 Å². The number of carbonyl (C=O) groups is 2. The molecular formula is C18H10ClF3N2O4. The Balaban J connectivity index is 2.26. The first-order chi connectivity index (χ1) is 13.0. The average Bonchev–Trinajstić information content (AvgIpc) is 2.91. The summed E-state index contributed by atoms with van der Waals surface area (Å²) in [6, 6.07) is 7.52. The molecule has 28 heavy (non-hydrogen) atoms. The second kappa shape index (κ2) is 6.75. The standard InChI is InChI=1S/C18H10ClF3N2O4/c1-9-14(17(26)18(20,21)22)12-4-2-3-7-23(12)15(9)16(25)10-5-6-11(19)13(8-10)24(27)28/h2-8H,1H3. The molecule has 6 nitrogen and oxygen atoms in total. The van der Waals surface area contributed by atoms with E-state index in [1.807, 2.05) is 0 Å². The molecule has 2 heterocycles. The van der Waals surface area contributed by atoms with Crippen molar-refractivity contribution in [2.75, 3.05) is 0 Å². The number of benzene rings is 1. The van der Waals surface area contributed by atoms with Crippen LogP contribution < -0.4 is 0 Å². The third-order valence-corrected chi connectivity index (χ3v) is 4.51. The van der Waals surface area contributed by atoms with E-state index in [0.717, 1.165) is 16.5 Å². The molecule has 0 saturated carbocycles. The van der Waals surface area contributed by atoms with Crippen molar-refractivity contribution < 1.29 is 27.7 Å². The van der Waals surface area contributed by atoms with Crippen molar-refractivity contribution >= 4 is 34.4 Å². The van der Waals surface area contributed by atoms with Gasteiger partial charge in [0.15, 0.2) is 0 Å². The van der Waals surface area contributed by atoms with Crippen molar-refractivity contribution in [3.8, 4) is 0 Å². The topological polar surface area (TPSA) is 81.7 Å². The number of pyridine rings is 1. The zero-order valence-corrected chi connectivity index (χ0v) is 14.8. The molecule has 0 saturated heterocycles. The predicted octanol–water partition coefficient (Wildman–Crippen LogP) is 4.79. The molecule has 0 spiro atoms. The lowest BCUT2D eigenvalue weighted by Gasteiger charge is -2.05. The Morgan fingerprint density at radius 2 is 1.86 bits per heavy atom. The van der Waals surface area contributed by atoms with Crippen LogP contribution >= 0.6 is 11.6 Å². The Morgan fingerprint density at radius 1 is 1.18 bits per heavy atom. The maximum atomic E-state index is 13.0. The minimum absolute atomic E-state index is 0.0888. The van der Waals surface area contributed by atoms with Crippen LogP contribution in [0.4, 0.5) is 18.9 Å². The number of carbonyl (C=O) groups excluding carboxylic acids is 2. The van der Waals surface area contributed by atoms with Gasteiger partial charge in [0, 0.05) is 17.8 Å². The summed E-state index contributed by atoms with van der Waals surface area (Å²) in [7, 11) is 0. The molecule has 0 radical (unpaired) electrons. The van der Waals surface area contributed by atoms with Gasteiger partial charge in [0.1, 0.15) is 5.02 Å². The van der Waals surface area contributed by atoms with Crippen LogP contribution in [-0.2, 0) is 0 Å². The first kappa shape index (κ1) is 19.6. The molecule has 1 aromatic carbocycles. The Bertz CT molecular complexity index is 1150. The van der Waals surface area contributed by atoms with Crippen molar-refractivity contribution in [3.63, 3.8) is 0 Å². The number of nitrogens with zero attached hydrogens (tertiary/aromatic N) is 2. The van der Waals surface area contributed by atoms with Gasteiger partial charge in [-0.25, -0.2) is 0 Å². The van der Waals surface area contributed by atoms with Gasteiger partial charge in [-0.15, -0.1) is 0 Å². The third kappa shape index (κ3) is 3.13. The fourth-order valence-corrected chi connectivity index (χ4v) is 3.16. The highest BCUT2D eigenvalue weighted by Crippen LogP contribution is 2.32. The van der Waals surface area contributed by atoms with Gasteiger partial charge < -0.3 is 4.40 Å². The van der Waals surface area contributed by atoms with Gasteiger partial charge in [-0.05, 0) is 36.8 Å². The van der Waals surface area contributed by atoms with E-state index in [1.165, 1.54) is 37.4 Å². The zero-order valence-electron chi connectivity index (χ0n) is 14.1. The molecular weight excluding hydrogens is 401 g/mol. The van der Waals surface area contributed by atoms with Gasteiger partial charge in [-0.3, -0.25) is 19.7 Å². The number of nitro benzene ring substituents is 1. The number of hydrogen-bond acceptors (Lipinski definition) is 4.